The molecule has 1 aromatic heterocycles. The number of aliphatic hydroxyl groups excluding tert-OH is 1. The fourth-order valence-corrected chi connectivity index (χ4v) is 3.64. The maximum Gasteiger partial charge on any atom is 0.300 e. The lowest BCUT2D eigenvalue weighted by molar-refractivity contribution is -0.132. The molecule has 1 fully saturated rings. The summed E-state index contributed by atoms with van der Waals surface area (Å²) >= 11 is 0. The van der Waals surface area contributed by atoms with E-state index in [1.54, 1.807) is 24.3 Å². The topological polar surface area (TPSA) is 70.5 Å². The minimum absolute atomic E-state index is 0.00441. The second-order valence-electron chi connectivity index (χ2n) is 7.10. The molecule has 2 heterocycles. The van der Waals surface area contributed by atoms with Gasteiger partial charge in [-0.05, 0) is 35.7 Å². The van der Waals surface area contributed by atoms with Gasteiger partial charge in [0.05, 0.1) is 11.6 Å². The second-order valence-corrected chi connectivity index (χ2v) is 7.10. The van der Waals surface area contributed by atoms with E-state index in [1.807, 2.05) is 19.1 Å². The number of carbonyl (C=O) groups excluding carboxylic acids is 2. The molecule has 0 saturated carbocycles. The van der Waals surface area contributed by atoms with Crippen LogP contribution in [0.3, 0.4) is 0 Å². The molecule has 4 rings (SSSR count). The van der Waals surface area contributed by atoms with E-state index in [4.69, 9.17) is 0 Å². The van der Waals surface area contributed by atoms with Gasteiger partial charge in [-0.2, -0.15) is 0 Å². The summed E-state index contributed by atoms with van der Waals surface area (Å²) in [7, 11) is 0. The van der Waals surface area contributed by atoms with Crippen LogP contribution in [0.15, 0.2) is 72.6 Å². The molecule has 1 amide bonds. The number of aliphatic hydroxyl groups is 1. The molecule has 1 aliphatic heterocycles. The molecule has 1 aliphatic rings. The molecule has 1 N–H and O–H groups in total. The van der Waals surface area contributed by atoms with Gasteiger partial charge in [0.1, 0.15) is 5.76 Å². The van der Waals surface area contributed by atoms with E-state index >= 15 is 0 Å². The summed E-state index contributed by atoms with van der Waals surface area (Å²) in [4.78, 5) is 31.0. The summed E-state index contributed by atoms with van der Waals surface area (Å²) in [5.41, 5.74) is 1.71. The van der Waals surface area contributed by atoms with Crippen molar-refractivity contribution in [3.05, 3.63) is 101 Å². The van der Waals surface area contributed by atoms with Gasteiger partial charge in [0.15, 0.2) is 11.6 Å². The van der Waals surface area contributed by atoms with E-state index in [1.165, 1.54) is 18.5 Å². The van der Waals surface area contributed by atoms with E-state index < -0.39 is 29.4 Å². The standard InChI is InChI=1S/C24H18F2N2O3/c1-2-14-5-7-15(8-6-14)22(29)20-21(16-4-3-11-27-13-16)28(24(31)23(20)30)17-9-10-18(25)19(26)12-17/h3-13,21,29H,2H2,1H3/b22-20+. The summed E-state index contributed by atoms with van der Waals surface area (Å²) in [6.07, 6.45) is 3.78. The molecule has 1 atom stereocenters. The van der Waals surface area contributed by atoms with Crippen LogP contribution >= 0.6 is 0 Å². The zero-order chi connectivity index (χ0) is 22.1. The Bertz CT molecular complexity index is 1190. The molecule has 0 bridgehead atoms. The second kappa shape index (κ2) is 8.10. The minimum Gasteiger partial charge on any atom is -0.507 e. The maximum atomic E-state index is 13.9. The Morgan fingerprint density at radius 2 is 1.81 bits per heavy atom. The average molecular weight is 420 g/mol. The Labute approximate surface area is 177 Å². The van der Waals surface area contributed by atoms with Crippen LogP contribution in [-0.4, -0.2) is 21.8 Å². The van der Waals surface area contributed by atoms with Crippen LogP contribution in [0, 0.1) is 11.6 Å². The van der Waals surface area contributed by atoms with Gasteiger partial charge in [0, 0.05) is 29.7 Å². The summed E-state index contributed by atoms with van der Waals surface area (Å²) in [5, 5.41) is 11.0. The quantitative estimate of drug-likeness (QED) is 0.382. The Balaban J connectivity index is 1.92. The number of nitrogens with zero attached hydrogens (tertiary/aromatic N) is 2. The van der Waals surface area contributed by atoms with Gasteiger partial charge in [0.2, 0.25) is 0 Å². The normalized spacial score (nSPS) is 17.9. The number of pyridine rings is 1. The summed E-state index contributed by atoms with van der Waals surface area (Å²) in [5.74, 6) is -4.45. The molecular weight excluding hydrogens is 402 g/mol. The number of benzene rings is 2. The lowest BCUT2D eigenvalue weighted by Gasteiger charge is -2.25. The van der Waals surface area contributed by atoms with Gasteiger partial charge in [0.25, 0.3) is 11.7 Å². The number of ketones is 1. The zero-order valence-corrected chi connectivity index (χ0v) is 16.5. The Morgan fingerprint density at radius 1 is 1.06 bits per heavy atom. The van der Waals surface area contributed by atoms with Crippen LogP contribution < -0.4 is 4.90 Å². The van der Waals surface area contributed by atoms with Crippen LogP contribution in [0.1, 0.15) is 29.7 Å². The van der Waals surface area contributed by atoms with E-state index in [0.29, 0.717) is 11.1 Å². The highest BCUT2D eigenvalue weighted by molar-refractivity contribution is 6.51. The van der Waals surface area contributed by atoms with E-state index in [-0.39, 0.29) is 17.0 Å². The van der Waals surface area contributed by atoms with Crippen molar-refractivity contribution in [1.82, 2.24) is 4.98 Å². The molecule has 156 valence electrons. The predicted molar refractivity (Wildman–Crippen MR) is 111 cm³/mol. The fourth-order valence-electron chi connectivity index (χ4n) is 3.64. The SMILES string of the molecule is CCc1ccc(/C(O)=C2\C(=O)C(=O)N(c3ccc(F)c(F)c3)C2c2cccnc2)cc1. The summed E-state index contributed by atoms with van der Waals surface area (Å²) in [6.45, 7) is 1.99. The third-order valence-electron chi connectivity index (χ3n) is 5.26. The van der Waals surface area contributed by atoms with Crippen LogP contribution in [0.4, 0.5) is 14.5 Å². The number of hydrogen-bond acceptors (Lipinski definition) is 4. The number of Topliss-reactive ketones (excluding diaryl/α,β-unsaturated/α-hetero) is 1. The highest BCUT2D eigenvalue weighted by atomic mass is 19.2. The van der Waals surface area contributed by atoms with Gasteiger partial charge in [-0.25, -0.2) is 8.78 Å². The maximum absolute atomic E-state index is 13.9. The average Bonchev–Trinajstić information content (AvgIpc) is 3.06. The number of anilines is 1. The van der Waals surface area contributed by atoms with Crippen molar-refractivity contribution in [3.8, 4) is 0 Å². The van der Waals surface area contributed by atoms with Crippen molar-refractivity contribution in [2.45, 2.75) is 19.4 Å². The van der Waals surface area contributed by atoms with Crippen molar-refractivity contribution in [2.24, 2.45) is 0 Å². The molecule has 5 nitrogen and oxygen atoms in total. The first-order chi connectivity index (χ1) is 14.9. The van der Waals surface area contributed by atoms with Gasteiger partial charge in [-0.3, -0.25) is 19.5 Å². The van der Waals surface area contributed by atoms with Crippen molar-refractivity contribution >= 4 is 23.1 Å². The van der Waals surface area contributed by atoms with E-state index in [0.717, 1.165) is 29.0 Å². The number of aryl methyl sites for hydroxylation is 1. The Hall–Kier alpha value is -3.87. The molecular formula is C24H18F2N2O3. The van der Waals surface area contributed by atoms with Gasteiger partial charge in [-0.15, -0.1) is 0 Å². The number of carbonyl (C=O) groups is 2. The fraction of sp³-hybridized carbons (Fsp3) is 0.125. The lowest BCUT2D eigenvalue weighted by Crippen LogP contribution is -2.29. The summed E-state index contributed by atoms with van der Waals surface area (Å²) in [6, 6.07) is 12.1. The van der Waals surface area contributed by atoms with Crippen LogP contribution in [-0.2, 0) is 16.0 Å². The van der Waals surface area contributed by atoms with E-state index in [9.17, 15) is 23.5 Å². The molecule has 1 unspecified atom stereocenters. The largest absolute Gasteiger partial charge is 0.507 e. The predicted octanol–water partition coefficient (Wildman–Crippen LogP) is 4.55. The number of aromatic nitrogens is 1. The lowest BCUT2D eigenvalue weighted by atomic mass is 9.95. The van der Waals surface area contributed by atoms with Crippen LogP contribution in [0.5, 0.6) is 0 Å². The third kappa shape index (κ3) is 3.59. The monoisotopic (exact) mass is 420 g/mol. The van der Waals surface area contributed by atoms with Crippen molar-refractivity contribution in [1.29, 1.82) is 0 Å². The number of hydrogen-bond donors (Lipinski definition) is 1. The first-order valence-electron chi connectivity index (χ1n) is 9.67. The molecule has 0 aliphatic carbocycles. The molecule has 3 aromatic rings. The van der Waals surface area contributed by atoms with Crippen LogP contribution in [0.25, 0.3) is 5.76 Å². The number of halogens is 2. The number of amides is 1. The van der Waals surface area contributed by atoms with Crippen molar-refractivity contribution in [2.75, 3.05) is 4.90 Å². The molecule has 7 heteroatoms. The smallest absolute Gasteiger partial charge is 0.300 e. The van der Waals surface area contributed by atoms with Crippen molar-refractivity contribution in [3.63, 3.8) is 0 Å². The van der Waals surface area contributed by atoms with Gasteiger partial charge >= 0.3 is 0 Å². The number of rotatable bonds is 4. The van der Waals surface area contributed by atoms with Gasteiger partial charge in [-0.1, -0.05) is 37.3 Å². The zero-order valence-electron chi connectivity index (χ0n) is 16.5. The molecule has 2 aromatic carbocycles. The minimum atomic E-state index is -1.15. The Kier molecular flexibility index (Phi) is 5.33. The van der Waals surface area contributed by atoms with Gasteiger partial charge < -0.3 is 5.11 Å². The highest BCUT2D eigenvalue weighted by Gasteiger charge is 2.47. The highest BCUT2D eigenvalue weighted by Crippen LogP contribution is 2.42. The third-order valence-corrected chi connectivity index (χ3v) is 5.26. The molecule has 0 spiro atoms. The molecule has 31 heavy (non-hydrogen) atoms. The van der Waals surface area contributed by atoms with E-state index in [2.05, 4.69) is 4.98 Å². The summed E-state index contributed by atoms with van der Waals surface area (Å²) < 4.78 is 27.4. The molecule has 0 radical (unpaired) electrons. The molecule has 1 saturated heterocycles. The van der Waals surface area contributed by atoms with Crippen LogP contribution in [0.2, 0.25) is 0 Å². The first-order valence-corrected chi connectivity index (χ1v) is 9.67. The first kappa shape index (κ1) is 20.4. The van der Waals surface area contributed by atoms with Crippen molar-refractivity contribution < 1.29 is 23.5 Å². The Morgan fingerprint density at radius 3 is 2.42 bits per heavy atom.